The van der Waals surface area contributed by atoms with Crippen LogP contribution in [0.25, 0.3) is 0 Å². The minimum Gasteiger partial charge on any atom is -0.370 e. The van der Waals surface area contributed by atoms with Crippen LogP contribution in [0, 0.1) is 10.1 Å². The zero-order chi connectivity index (χ0) is 15.4. The van der Waals surface area contributed by atoms with E-state index < -0.39 is 10.8 Å². The van der Waals surface area contributed by atoms with Crippen LogP contribution in [0.15, 0.2) is 18.6 Å². The van der Waals surface area contributed by atoms with Crippen molar-refractivity contribution in [1.82, 2.24) is 19.7 Å². The van der Waals surface area contributed by atoms with Crippen molar-refractivity contribution in [2.75, 3.05) is 17.2 Å². The van der Waals surface area contributed by atoms with Crippen LogP contribution in [0.4, 0.5) is 17.5 Å². The molecular formula is C11H13N7O3. The Labute approximate surface area is 119 Å². The summed E-state index contributed by atoms with van der Waals surface area (Å²) in [6, 6.07) is 1.16. The molecule has 2 aromatic heterocycles. The first-order chi connectivity index (χ1) is 10.0. The van der Waals surface area contributed by atoms with Crippen molar-refractivity contribution in [3.63, 3.8) is 0 Å². The molecule has 0 saturated heterocycles. The second kappa shape index (κ2) is 5.94. The Bertz CT molecular complexity index is 682. The molecule has 10 heteroatoms. The third kappa shape index (κ3) is 3.11. The number of aromatic nitrogens is 4. The Morgan fingerprint density at radius 1 is 1.48 bits per heavy atom. The van der Waals surface area contributed by atoms with Crippen molar-refractivity contribution in [3.8, 4) is 0 Å². The maximum absolute atomic E-state index is 12.2. The summed E-state index contributed by atoms with van der Waals surface area (Å²) in [6.07, 6.45) is 2.38. The molecule has 0 aliphatic rings. The van der Waals surface area contributed by atoms with Crippen molar-refractivity contribution >= 4 is 23.4 Å². The molecular weight excluding hydrogens is 278 g/mol. The number of carbonyl (C=O) groups excluding carboxylic acids is 1. The van der Waals surface area contributed by atoms with Gasteiger partial charge in [0.1, 0.15) is 18.3 Å². The molecule has 0 spiro atoms. The van der Waals surface area contributed by atoms with E-state index in [0.29, 0.717) is 6.54 Å². The van der Waals surface area contributed by atoms with Crippen molar-refractivity contribution in [1.29, 1.82) is 0 Å². The van der Waals surface area contributed by atoms with E-state index in [1.807, 2.05) is 6.92 Å². The van der Waals surface area contributed by atoms with Gasteiger partial charge in [-0.3, -0.25) is 20.2 Å². The van der Waals surface area contributed by atoms with E-state index in [1.165, 1.54) is 11.0 Å². The smallest absolute Gasteiger partial charge is 0.288 e. The second-order valence-electron chi connectivity index (χ2n) is 4.04. The number of carbonyl (C=O) groups is 1. The molecule has 10 nitrogen and oxygen atoms in total. The fourth-order valence-corrected chi connectivity index (χ4v) is 1.61. The van der Waals surface area contributed by atoms with Gasteiger partial charge in [-0.25, -0.2) is 9.67 Å². The highest BCUT2D eigenvalue weighted by molar-refractivity contribution is 6.07. The fourth-order valence-electron chi connectivity index (χ4n) is 1.61. The van der Waals surface area contributed by atoms with Crippen LogP contribution in [0.1, 0.15) is 17.3 Å². The third-order valence-corrected chi connectivity index (χ3v) is 2.61. The lowest BCUT2D eigenvalue weighted by Gasteiger charge is -2.09. The van der Waals surface area contributed by atoms with E-state index >= 15 is 0 Å². The molecule has 0 aliphatic carbocycles. The molecule has 0 aromatic carbocycles. The average molecular weight is 291 g/mol. The summed E-state index contributed by atoms with van der Waals surface area (Å²) in [7, 11) is 1.61. The van der Waals surface area contributed by atoms with Crippen molar-refractivity contribution in [2.24, 2.45) is 7.05 Å². The summed E-state index contributed by atoms with van der Waals surface area (Å²) in [4.78, 5) is 30.2. The van der Waals surface area contributed by atoms with E-state index in [0.717, 1.165) is 12.3 Å². The van der Waals surface area contributed by atoms with Gasteiger partial charge in [-0.2, -0.15) is 10.1 Å². The Kier molecular flexibility index (Phi) is 4.07. The van der Waals surface area contributed by atoms with Crippen molar-refractivity contribution in [3.05, 3.63) is 34.3 Å². The van der Waals surface area contributed by atoms with Gasteiger partial charge in [0, 0.05) is 19.7 Å². The summed E-state index contributed by atoms with van der Waals surface area (Å²) in [5.41, 5.74) is -0.200. The first-order valence-electron chi connectivity index (χ1n) is 6.06. The summed E-state index contributed by atoms with van der Waals surface area (Å²) in [6.45, 7) is 2.35. The zero-order valence-electron chi connectivity index (χ0n) is 11.4. The van der Waals surface area contributed by atoms with Crippen LogP contribution >= 0.6 is 0 Å². The van der Waals surface area contributed by atoms with Gasteiger partial charge in [-0.15, -0.1) is 0 Å². The molecule has 110 valence electrons. The highest BCUT2D eigenvalue weighted by atomic mass is 16.6. The number of hydrogen-bond donors (Lipinski definition) is 2. The first-order valence-corrected chi connectivity index (χ1v) is 6.06. The van der Waals surface area contributed by atoms with E-state index in [4.69, 9.17) is 0 Å². The number of nitrogens with one attached hydrogen (secondary N) is 2. The molecule has 0 bridgehead atoms. The van der Waals surface area contributed by atoms with Gasteiger partial charge in [-0.05, 0) is 6.92 Å². The minimum atomic E-state index is -0.609. The third-order valence-electron chi connectivity index (χ3n) is 2.61. The summed E-state index contributed by atoms with van der Waals surface area (Å²) < 4.78 is 1.37. The van der Waals surface area contributed by atoms with Gasteiger partial charge in [-0.1, -0.05) is 0 Å². The maximum atomic E-state index is 12.2. The van der Waals surface area contributed by atoms with Crippen LogP contribution in [0.2, 0.25) is 0 Å². The van der Waals surface area contributed by atoms with Crippen molar-refractivity contribution in [2.45, 2.75) is 6.92 Å². The monoisotopic (exact) mass is 291 g/mol. The van der Waals surface area contributed by atoms with Crippen molar-refractivity contribution < 1.29 is 9.72 Å². The Morgan fingerprint density at radius 3 is 2.81 bits per heavy atom. The molecule has 1 amide bonds. The minimum absolute atomic E-state index is 0.0639. The van der Waals surface area contributed by atoms with E-state index in [1.54, 1.807) is 7.05 Å². The molecule has 0 radical (unpaired) electrons. The standard InChI is InChI=1S/C11H13N7O3/c1-3-12-9-8(4-7(5-13-9)18(20)21)10(19)16-11-14-6-15-17(11)2/h4-6H,3H2,1-2H3,(H,12,13)(H,14,15,16,19). The van der Waals surface area contributed by atoms with Crippen LogP contribution in [0.5, 0.6) is 0 Å². The van der Waals surface area contributed by atoms with Gasteiger partial charge in [0.2, 0.25) is 5.95 Å². The van der Waals surface area contributed by atoms with E-state index in [9.17, 15) is 14.9 Å². The number of amides is 1. The highest BCUT2D eigenvalue weighted by Crippen LogP contribution is 2.20. The largest absolute Gasteiger partial charge is 0.370 e. The molecule has 2 rings (SSSR count). The number of nitro groups is 1. The van der Waals surface area contributed by atoms with E-state index in [-0.39, 0.29) is 23.0 Å². The number of anilines is 2. The lowest BCUT2D eigenvalue weighted by molar-refractivity contribution is -0.385. The van der Waals surface area contributed by atoms with Gasteiger partial charge >= 0.3 is 0 Å². The molecule has 0 aliphatic heterocycles. The lowest BCUT2D eigenvalue weighted by Crippen LogP contribution is -2.18. The van der Waals surface area contributed by atoms with Crippen LogP contribution in [-0.4, -0.2) is 37.1 Å². The van der Waals surface area contributed by atoms with Crippen LogP contribution in [0.3, 0.4) is 0 Å². The molecule has 0 unspecified atom stereocenters. The van der Waals surface area contributed by atoms with Crippen LogP contribution < -0.4 is 10.6 Å². The topological polar surface area (TPSA) is 128 Å². The van der Waals surface area contributed by atoms with Gasteiger partial charge < -0.3 is 5.32 Å². The quantitative estimate of drug-likeness (QED) is 0.616. The van der Waals surface area contributed by atoms with Gasteiger partial charge in [0.05, 0.1) is 10.5 Å². The number of rotatable bonds is 5. The Hall–Kier alpha value is -3.04. The fraction of sp³-hybridized carbons (Fsp3) is 0.273. The Balaban J connectivity index is 2.35. The van der Waals surface area contributed by atoms with Crippen LogP contribution in [-0.2, 0) is 7.05 Å². The normalized spacial score (nSPS) is 10.2. The predicted octanol–water partition coefficient (Wildman–Crippen LogP) is 0.802. The average Bonchev–Trinajstić information content (AvgIpc) is 2.84. The zero-order valence-corrected chi connectivity index (χ0v) is 11.4. The molecule has 0 fully saturated rings. The highest BCUT2D eigenvalue weighted by Gasteiger charge is 2.19. The summed E-state index contributed by atoms with van der Waals surface area (Å²) >= 11 is 0. The lowest BCUT2D eigenvalue weighted by atomic mass is 10.2. The SMILES string of the molecule is CCNc1ncc([N+](=O)[O-])cc1C(=O)Nc1ncnn1C. The van der Waals surface area contributed by atoms with Gasteiger partial charge in [0.25, 0.3) is 11.6 Å². The number of aryl methyl sites for hydroxylation is 1. The molecule has 0 atom stereocenters. The number of nitrogens with zero attached hydrogens (tertiary/aromatic N) is 5. The molecule has 2 heterocycles. The van der Waals surface area contributed by atoms with Gasteiger partial charge in [0.15, 0.2) is 0 Å². The Morgan fingerprint density at radius 2 is 2.24 bits per heavy atom. The number of hydrogen-bond acceptors (Lipinski definition) is 7. The summed E-state index contributed by atoms with van der Waals surface area (Å²) in [5.74, 6) is -0.0602. The molecule has 0 saturated carbocycles. The second-order valence-corrected chi connectivity index (χ2v) is 4.04. The molecule has 21 heavy (non-hydrogen) atoms. The molecule has 2 N–H and O–H groups in total. The number of pyridine rings is 1. The first kappa shape index (κ1) is 14.4. The van der Waals surface area contributed by atoms with E-state index in [2.05, 4.69) is 25.7 Å². The predicted molar refractivity (Wildman–Crippen MR) is 74.0 cm³/mol. The summed E-state index contributed by atoms with van der Waals surface area (Å²) in [5, 5.41) is 20.0. The molecule has 2 aromatic rings. The maximum Gasteiger partial charge on any atom is 0.288 e.